The van der Waals surface area contributed by atoms with Crippen LogP contribution in [0.1, 0.15) is 58.3 Å². The third-order valence-corrected chi connectivity index (χ3v) is 5.39. The highest BCUT2D eigenvalue weighted by Crippen LogP contribution is 2.41. The van der Waals surface area contributed by atoms with Crippen LogP contribution in [0.3, 0.4) is 0 Å². The van der Waals surface area contributed by atoms with E-state index in [1.165, 1.54) is 38.5 Å². The molecule has 3 fully saturated rings. The number of nitrogens with zero attached hydrogens (tertiary/aromatic N) is 1. The van der Waals surface area contributed by atoms with Gasteiger partial charge in [-0.2, -0.15) is 0 Å². The molecule has 0 aromatic rings. The maximum atomic E-state index is 12.8. The molecule has 0 bridgehead atoms. The Morgan fingerprint density at radius 3 is 2.50 bits per heavy atom. The Balaban J connectivity index is 1.75. The molecule has 0 radical (unpaired) electrons. The lowest BCUT2D eigenvalue weighted by atomic mass is 9.77. The molecule has 18 heavy (non-hydrogen) atoms. The first-order chi connectivity index (χ1) is 8.60. The molecular weight excluding hydrogens is 224 g/mol. The fraction of sp³-hybridized carbons (Fsp3) is 0.933. The second-order valence-corrected chi connectivity index (χ2v) is 6.81. The minimum absolute atomic E-state index is 0.238. The van der Waals surface area contributed by atoms with Gasteiger partial charge in [-0.15, -0.1) is 0 Å². The Morgan fingerprint density at radius 2 is 1.78 bits per heavy atom. The number of rotatable bonds is 2. The Hall–Kier alpha value is -0.570. The monoisotopic (exact) mass is 250 g/mol. The first-order valence-electron chi connectivity index (χ1n) is 7.70. The highest BCUT2D eigenvalue weighted by Gasteiger charge is 2.48. The van der Waals surface area contributed by atoms with E-state index in [2.05, 4.69) is 4.90 Å². The van der Waals surface area contributed by atoms with Crippen molar-refractivity contribution in [1.82, 2.24) is 4.90 Å². The minimum Gasteiger partial charge on any atom is -0.338 e. The summed E-state index contributed by atoms with van der Waals surface area (Å²) in [4.78, 5) is 14.9. The van der Waals surface area contributed by atoms with Gasteiger partial charge in [0.2, 0.25) is 5.91 Å². The van der Waals surface area contributed by atoms with E-state index in [0.717, 1.165) is 25.3 Å². The summed E-state index contributed by atoms with van der Waals surface area (Å²) < 4.78 is 0. The van der Waals surface area contributed by atoms with Crippen LogP contribution in [0.4, 0.5) is 0 Å². The molecule has 102 valence electrons. The second kappa shape index (κ2) is 4.52. The molecule has 1 unspecified atom stereocenters. The summed E-state index contributed by atoms with van der Waals surface area (Å²) in [7, 11) is 0. The van der Waals surface area contributed by atoms with E-state index >= 15 is 0 Å². The highest BCUT2D eigenvalue weighted by molar-refractivity contribution is 5.87. The first-order valence-corrected chi connectivity index (χ1v) is 7.70. The van der Waals surface area contributed by atoms with Crippen molar-refractivity contribution in [1.29, 1.82) is 0 Å². The summed E-state index contributed by atoms with van der Waals surface area (Å²) in [6.07, 6.45) is 9.94. The lowest BCUT2D eigenvalue weighted by Gasteiger charge is -2.46. The van der Waals surface area contributed by atoms with Crippen LogP contribution >= 0.6 is 0 Å². The number of carbonyl (C=O) groups is 1. The lowest BCUT2D eigenvalue weighted by molar-refractivity contribution is -0.143. The predicted octanol–water partition coefficient (Wildman–Crippen LogP) is 2.29. The van der Waals surface area contributed by atoms with E-state index in [-0.39, 0.29) is 5.91 Å². The molecule has 1 saturated heterocycles. The van der Waals surface area contributed by atoms with Gasteiger partial charge in [-0.25, -0.2) is 0 Å². The fourth-order valence-electron chi connectivity index (χ4n) is 4.04. The van der Waals surface area contributed by atoms with Gasteiger partial charge in [-0.05, 0) is 57.3 Å². The molecule has 3 heteroatoms. The average molecular weight is 250 g/mol. The number of carbonyl (C=O) groups excluding carboxylic acids is 1. The van der Waals surface area contributed by atoms with Crippen molar-refractivity contribution < 1.29 is 4.79 Å². The van der Waals surface area contributed by atoms with Crippen LogP contribution in [-0.2, 0) is 4.79 Å². The van der Waals surface area contributed by atoms with E-state index in [9.17, 15) is 4.79 Å². The largest absolute Gasteiger partial charge is 0.338 e. The molecule has 3 rings (SSSR count). The van der Waals surface area contributed by atoms with Gasteiger partial charge in [0.15, 0.2) is 0 Å². The molecule has 3 atom stereocenters. The fourth-order valence-corrected chi connectivity index (χ4v) is 4.04. The highest BCUT2D eigenvalue weighted by atomic mass is 16.2. The van der Waals surface area contributed by atoms with E-state index < -0.39 is 5.54 Å². The summed E-state index contributed by atoms with van der Waals surface area (Å²) in [5.74, 6) is 1.43. The summed E-state index contributed by atoms with van der Waals surface area (Å²) in [6.45, 7) is 2.90. The first kappa shape index (κ1) is 12.5. The number of nitrogens with two attached hydrogens (primary N) is 1. The zero-order valence-corrected chi connectivity index (χ0v) is 11.5. The van der Waals surface area contributed by atoms with Gasteiger partial charge in [0.1, 0.15) is 0 Å². The van der Waals surface area contributed by atoms with Crippen LogP contribution in [0.15, 0.2) is 0 Å². The molecule has 0 aromatic heterocycles. The van der Waals surface area contributed by atoms with E-state index in [1.807, 2.05) is 6.92 Å². The van der Waals surface area contributed by atoms with Crippen molar-refractivity contribution in [2.45, 2.75) is 69.9 Å². The normalized spacial score (nSPS) is 35.8. The number of hydrogen-bond donors (Lipinski definition) is 1. The van der Waals surface area contributed by atoms with Crippen LogP contribution in [0.2, 0.25) is 0 Å². The lowest BCUT2D eigenvalue weighted by Crippen LogP contribution is -2.60. The van der Waals surface area contributed by atoms with Crippen LogP contribution in [0.5, 0.6) is 0 Å². The summed E-state index contributed by atoms with van der Waals surface area (Å²) in [5.41, 5.74) is 5.73. The average Bonchev–Trinajstić information content (AvgIpc) is 3.22. The summed E-state index contributed by atoms with van der Waals surface area (Å²) in [6, 6.07) is 0.502. The van der Waals surface area contributed by atoms with Crippen molar-refractivity contribution in [3.05, 3.63) is 0 Å². The summed E-state index contributed by atoms with van der Waals surface area (Å²) in [5, 5.41) is 0. The maximum Gasteiger partial charge on any atom is 0.242 e. The van der Waals surface area contributed by atoms with Crippen molar-refractivity contribution in [3.63, 3.8) is 0 Å². The van der Waals surface area contributed by atoms with Gasteiger partial charge in [0.25, 0.3) is 0 Å². The Bertz CT molecular complexity index is 333. The van der Waals surface area contributed by atoms with Gasteiger partial charge in [0.05, 0.1) is 5.54 Å². The number of amides is 1. The van der Waals surface area contributed by atoms with Crippen molar-refractivity contribution >= 4 is 5.91 Å². The molecule has 1 aliphatic heterocycles. The molecule has 1 amide bonds. The predicted molar refractivity (Wildman–Crippen MR) is 72.0 cm³/mol. The SMILES string of the molecule is CC(N)(C(=O)N1CCC[C@H]2CCCC[C@H]21)C1CC1. The number of likely N-dealkylation sites (tertiary alicyclic amines) is 1. The third-order valence-electron chi connectivity index (χ3n) is 5.39. The smallest absolute Gasteiger partial charge is 0.242 e. The third kappa shape index (κ3) is 2.07. The van der Waals surface area contributed by atoms with Crippen LogP contribution in [-0.4, -0.2) is 28.9 Å². The van der Waals surface area contributed by atoms with Crippen LogP contribution in [0, 0.1) is 11.8 Å². The molecule has 3 aliphatic rings. The Kier molecular flexibility index (Phi) is 3.13. The molecule has 2 saturated carbocycles. The van der Waals surface area contributed by atoms with Crippen molar-refractivity contribution in [2.24, 2.45) is 17.6 Å². The molecule has 1 heterocycles. The van der Waals surface area contributed by atoms with Gasteiger partial charge in [-0.3, -0.25) is 4.79 Å². The van der Waals surface area contributed by atoms with Gasteiger partial charge >= 0.3 is 0 Å². The molecule has 0 spiro atoms. The van der Waals surface area contributed by atoms with E-state index in [0.29, 0.717) is 12.0 Å². The molecule has 0 aromatic carbocycles. The molecule has 2 N–H and O–H groups in total. The Labute approximate surface area is 110 Å². The van der Waals surface area contributed by atoms with Crippen molar-refractivity contribution in [2.75, 3.05) is 6.54 Å². The maximum absolute atomic E-state index is 12.8. The zero-order valence-electron chi connectivity index (χ0n) is 11.5. The molecular formula is C15H26N2O. The quantitative estimate of drug-likeness (QED) is 0.817. The van der Waals surface area contributed by atoms with Gasteiger partial charge < -0.3 is 10.6 Å². The van der Waals surface area contributed by atoms with Crippen LogP contribution < -0.4 is 5.73 Å². The van der Waals surface area contributed by atoms with Gasteiger partial charge in [-0.1, -0.05) is 12.8 Å². The van der Waals surface area contributed by atoms with Gasteiger partial charge in [0, 0.05) is 12.6 Å². The Morgan fingerprint density at radius 1 is 1.11 bits per heavy atom. The molecule has 2 aliphatic carbocycles. The zero-order chi connectivity index (χ0) is 12.8. The number of fused-ring (bicyclic) bond motifs is 1. The van der Waals surface area contributed by atoms with E-state index in [4.69, 9.17) is 5.73 Å². The minimum atomic E-state index is -0.598. The number of hydrogen-bond acceptors (Lipinski definition) is 2. The number of piperidine rings is 1. The molecule has 3 nitrogen and oxygen atoms in total. The standard InChI is InChI=1S/C15H26N2O/c1-15(16,12-8-9-12)14(18)17-10-4-6-11-5-2-3-7-13(11)17/h11-13H,2-10,16H2,1H3/t11-,13-,15?/m1/s1. The van der Waals surface area contributed by atoms with Crippen LogP contribution in [0.25, 0.3) is 0 Å². The topological polar surface area (TPSA) is 46.3 Å². The second-order valence-electron chi connectivity index (χ2n) is 6.81. The van der Waals surface area contributed by atoms with E-state index in [1.54, 1.807) is 0 Å². The summed E-state index contributed by atoms with van der Waals surface area (Å²) >= 11 is 0. The van der Waals surface area contributed by atoms with Crippen molar-refractivity contribution in [3.8, 4) is 0 Å².